The predicted octanol–water partition coefficient (Wildman–Crippen LogP) is 3.35. The molecule has 148 valence electrons. The first kappa shape index (κ1) is 18.9. The monoisotopic (exact) mass is 409 g/mol. The van der Waals surface area contributed by atoms with Crippen LogP contribution in [0.2, 0.25) is 5.02 Å². The number of nitrogens with zero attached hydrogens (tertiary/aromatic N) is 6. The van der Waals surface area contributed by atoms with Gasteiger partial charge in [-0.15, -0.1) is 0 Å². The molecule has 4 aromatic rings. The van der Waals surface area contributed by atoms with Gasteiger partial charge in [-0.1, -0.05) is 23.7 Å². The lowest BCUT2D eigenvalue weighted by Crippen LogP contribution is -2.16. The van der Waals surface area contributed by atoms with Gasteiger partial charge in [-0.2, -0.15) is 15.3 Å². The Bertz CT molecular complexity index is 1140. The highest BCUT2D eigenvalue weighted by Crippen LogP contribution is 2.12. The summed E-state index contributed by atoms with van der Waals surface area (Å²) in [5, 5.41) is 16.6. The number of benzene rings is 1. The fourth-order valence-corrected chi connectivity index (χ4v) is 3.12. The Hall–Kier alpha value is -3.39. The molecule has 4 rings (SSSR count). The first-order valence-corrected chi connectivity index (χ1v) is 9.48. The number of amides is 1. The first-order valence-electron chi connectivity index (χ1n) is 9.10. The van der Waals surface area contributed by atoms with E-state index in [2.05, 4.69) is 20.6 Å². The molecule has 9 heteroatoms. The van der Waals surface area contributed by atoms with Gasteiger partial charge in [-0.05, 0) is 43.7 Å². The van der Waals surface area contributed by atoms with E-state index in [4.69, 9.17) is 11.6 Å². The van der Waals surface area contributed by atoms with E-state index >= 15 is 0 Å². The van der Waals surface area contributed by atoms with Gasteiger partial charge in [-0.3, -0.25) is 14.2 Å². The van der Waals surface area contributed by atoms with Gasteiger partial charge in [0.2, 0.25) is 0 Å². The normalized spacial score (nSPS) is 11.0. The van der Waals surface area contributed by atoms with E-state index < -0.39 is 0 Å². The largest absolute Gasteiger partial charge is 0.304 e. The minimum absolute atomic E-state index is 0.311. The van der Waals surface area contributed by atoms with Crippen LogP contribution in [0.15, 0.2) is 54.9 Å². The zero-order chi connectivity index (χ0) is 20.4. The van der Waals surface area contributed by atoms with Crippen LogP contribution in [0.5, 0.6) is 0 Å². The van der Waals surface area contributed by atoms with Gasteiger partial charge in [0, 0.05) is 29.2 Å². The molecule has 0 atom stereocenters. The van der Waals surface area contributed by atoms with E-state index in [1.165, 1.54) is 0 Å². The third-order valence-corrected chi connectivity index (χ3v) is 4.65. The Morgan fingerprint density at radius 3 is 2.48 bits per heavy atom. The number of rotatable bonds is 6. The van der Waals surface area contributed by atoms with Crippen LogP contribution in [0.3, 0.4) is 0 Å². The minimum atomic E-state index is -0.311. The molecule has 0 unspecified atom stereocenters. The van der Waals surface area contributed by atoms with Gasteiger partial charge in [-0.25, -0.2) is 4.68 Å². The third kappa shape index (κ3) is 4.55. The van der Waals surface area contributed by atoms with Crippen LogP contribution in [0.4, 0.5) is 5.82 Å². The standard InChI is InChI=1S/C20H20ClN7O/c1-14-11-15(2)28(23-14)13-27-9-7-18(24-27)20(29)22-19-8-10-26(25-19)12-16-3-5-17(21)6-4-16/h3-11H,12-13H2,1-2H3,(H,22,25,29). The number of anilines is 1. The zero-order valence-electron chi connectivity index (χ0n) is 16.1. The molecule has 0 radical (unpaired) electrons. The smallest absolute Gasteiger partial charge is 0.277 e. The third-order valence-electron chi connectivity index (χ3n) is 4.40. The van der Waals surface area contributed by atoms with Crippen molar-refractivity contribution in [1.29, 1.82) is 0 Å². The second-order valence-corrected chi connectivity index (χ2v) is 7.22. The van der Waals surface area contributed by atoms with Crippen LogP contribution >= 0.6 is 11.6 Å². The van der Waals surface area contributed by atoms with Crippen LogP contribution < -0.4 is 5.32 Å². The number of carbonyl (C=O) groups is 1. The molecule has 29 heavy (non-hydrogen) atoms. The van der Waals surface area contributed by atoms with Crippen molar-refractivity contribution >= 4 is 23.3 Å². The van der Waals surface area contributed by atoms with Crippen LogP contribution in [-0.2, 0) is 13.2 Å². The van der Waals surface area contributed by atoms with Crippen molar-refractivity contribution in [3.63, 3.8) is 0 Å². The average molecular weight is 410 g/mol. The molecule has 0 saturated carbocycles. The van der Waals surface area contributed by atoms with Crippen molar-refractivity contribution < 1.29 is 4.79 Å². The molecule has 0 fully saturated rings. The quantitative estimate of drug-likeness (QED) is 0.529. The minimum Gasteiger partial charge on any atom is -0.304 e. The molecular formula is C20H20ClN7O. The Kier molecular flexibility index (Phi) is 5.18. The summed E-state index contributed by atoms with van der Waals surface area (Å²) in [6, 6.07) is 13.0. The van der Waals surface area contributed by atoms with Crippen molar-refractivity contribution in [3.8, 4) is 0 Å². The molecule has 0 aliphatic carbocycles. The summed E-state index contributed by atoms with van der Waals surface area (Å²) in [6.07, 6.45) is 3.57. The Morgan fingerprint density at radius 2 is 1.76 bits per heavy atom. The molecule has 8 nitrogen and oxygen atoms in total. The summed E-state index contributed by atoms with van der Waals surface area (Å²) in [5.41, 5.74) is 3.37. The first-order chi connectivity index (χ1) is 14.0. The summed E-state index contributed by atoms with van der Waals surface area (Å²) >= 11 is 5.91. The average Bonchev–Trinajstić information content (AvgIpc) is 3.39. The van der Waals surface area contributed by atoms with Gasteiger partial charge >= 0.3 is 0 Å². The van der Waals surface area contributed by atoms with Gasteiger partial charge < -0.3 is 5.32 Å². The highest BCUT2D eigenvalue weighted by atomic mass is 35.5. The summed E-state index contributed by atoms with van der Waals surface area (Å²) in [6.45, 7) is 4.96. The number of halogens is 1. The summed E-state index contributed by atoms with van der Waals surface area (Å²) < 4.78 is 5.26. The lowest BCUT2D eigenvalue weighted by Gasteiger charge is -2.04. The van der Waals surface area contributed by atoms with Crippen LogP contribution in [0.1, 0.15) is 27.4 Å². The number of carbonyl (C=O) groups excluding carboxylic acids is 1. The number of aryl methyl sites for hydroxylation is 2. The Morgan fingerprint density at radius 1 is 1.00 bits per heavy atom. The summed E-state index contributed by atoms with van der Waals surface area (Å²) in [5.74, 6) is 0.158. The molecule has 1 N–H and O–H groups in total. The maximum atomic E-state index is 12.5. The summed E-state index contributed by atoms with van der Waals surface area (Å²) in [7, 11) is 0. The lowest BCUT2D eigenvalue weighted by atomic mass is 10.2. The van der Waals surface area contributed by atoms with E-state index in [0.29, 0.717) is 29.7 Å². The van der Waals surface area contributed by atoms with Gasteiger partial charge in [0.25, 0.3) is 5.91 Å². The topological polar surface area (TPSA) is 82.6 Å². The van der Waals surface area contributed by atoms with Crippen LogP contribution in [0.25, 0.3) is 0 Å². The highest BCUT2D eigenvalue weighted by Gasteiger charge is 2.12. The van der Waals surface area contributed by atoms with Crippen LogP contribution in [0, 0.1) is 13.8 Å². The lowest BCUT2D eigenvalue weighted by molar-refractivity contribution is 0.102. The Balaban J connectivity index is 1.38. The SMILES string of the molecule is Cc1cc(C)n(Cn2ccc(C(=O)Nc3ccn(Cc4ccc(Cl)cc4)n3)n2)n1. The Labute approximate surface area is 172 Å². The van der Waals surface area contributed by atoms with E-state index in [0.717, 1.165) is 17.0 Å². The van der Waals surface area contributed by atoms with E-state index in [1.54, 1.807) is 27.7 Å². The van der Waals surface area contributed by atoms with E-state index in [-0.39, 0.29) is 5.91 Å². The number of hydrogen-bond acceptors (Lipinski definition) is 4. The molecule has 3 heterocycles. The van der Waals surface area contributed by atoms with Gasteiger partial charge in [0.15, 0.2) is 11.5 Å². The maximum Gasteiger partial charge on any atom is 0.277 e. The van der Waals surface area contributed by atoms with Crippen molar-refractivity contribution in [2.45, 2.75) is 27.1 Å². The second-order valence-electron chi connectivity index (χ2n) is 6.79. The molecule has 3 aromatic heterocycles. The molecule has 1 aromatic carbocycles. The number of hydrogen-bond donors (Lipinski definition) is 1. The maximum absolute atomic E-state index is 12.5. The fraction of sp³-hybridized carbons (Fsp3) is 0.200. The van der Waals surface area contributed by atoms with Crippen molar-refractivity contribution in [1.82, 2.24) is 29.3 Å². The fourth-order valence-electron chi connectivity index (χ4n) is 2.99. The second kappa shape index (κ2) is 7.92. The number of aromatic nitrogens is 6. The van der Waals surface area contributed by atoms with E-state index in [9.17, 15) is 4.79 Å². The van der Waals surface area contributed by atoms with Crippen molar-refractivity contribution in [2.24, 2.45) is 0 Å². The molecule has 0 saturated heterocycles. The van der Waals surface area contributed by atoms with Crippen LogP contribution in [-0.4, -0.2) is 35.2 Å². The van der Waals surface area contributed by atoms with Gasteiger partial charge in [0.05, 0.1) is 12.2 Å². The molecule has 1 amide bonds. The molecular weight excluding hydrogens is 390 g/mol. The molecule has 0 spiro atoms. The predicted molar refractivity (Wildman–Crippen MR) is 110 cm³/mol. The van der Waals surface area contributed by atoms with Crippen molar-refractivity contribution in [2.75, 3.05) is 5.32 Å². The number of nitrogens with one attached hydrogen (secondary N) is 1. The van der Waals surface area contributed by atoms with E-state index in [1.807, 2.05) is 55.1 Å². The molecule has 0 aliphatic rings. The molecule has 0 bridgehead atoms. The highest BCUT2D eigenvalue weighted by molar-refractivity contribution is 6.30. The van der Waals surface area contributed by atoms with Gasteiger partial charge in [0.1, 0.15) is 6.67 Å². The van der Waals surface area contributed by atoms with Crippen molar-refractivity contribution in [3.05, 3.63) is 82.5 Å². The summed E-state index contributed by atoms with van der Waals surface area (Å²) in [4.78, 5) is 12.5. The zero-order valence-corrected chi connectivity index (χ0v) is 16.8. The molecule has 0 aliphatic heterocycles.